The SMILES string of the molecule is CCOC(=O)c1nc(C#N)cc(C(F)F)c1Br. The number of nitriles is 1. The number of hydrogen-bond acceptors (Lipinski definition) is 4. The van der Waals surface area contributed by atoms with Gasteiger partial charge in [-0.1, -0.05) is 0 Å². The monoisotopic (exact) mass is 304 g/mol. The zero-order chi connectivity index (χ0) is 13.0. The average molecular weight is 305 g/mol. The number of esters is 1. The Hall–Kier alpha value is -1.55. The van der Waals surface area contributed by atoms with Crippen LogP contribution in [0.3, 0.4) is 0 Å². The van der Waals surface area contributed by atoms with Crippen molar-refractivity contribution in [1.82, 2.24) is 4.98 Å². The first kappa shape index (κ1) is 13.5. The summed E-state index contributed by atoms with van der Waals surface area (Å²) in [5.74, 6) is -0.849. The molecule has 90 valence electrons. The third kappa shape index (κ3) is 2.97. The van der Waals surface area contributed by atoms with Crippen LogP contribution in [-0.4, -0.2) is 17.6 Å². The number of carbonyl (C=O) groups excluding carboxylic acids is 1. The van der Waals surface area contributed by atoms with E-state index in [2.05, 4.69) is 25.7 Å². The Morgan fingerprint density at radius 1 is 1.71 bits per heavy atom. The molecule has 0 saturated carbocycles. The van der Waals surface area contributed by atoms with Crippen molar-refractivity contribution in [3.8, 4) is 6.07 Å². The molecule has 0 N–H and O–H groups in total. The van der Waals surface area contributed by atoms with Crippen molar-refractivity contribution in [2.24, 2.45) is 0 Å². The van der Waals surface area contributed by atoms with E-state index in [1.165, 1.54) is 0 Å². The van der Waals surface area contributed by atoms with Gasteiger partial charge in [-0.2, -0.15) is 5.26 Å². The standard InChI is InChI=1S/C10H7BrF2N2O2/c1-2-17-10(16)8-7(11)6(9(12)13)3-5(4-14)15-8/h3,9H,2H2,1H3. The number of hydrogen-bond donors (Lipinski definition) is 0. The molecular weight excluding hydrogens is 298 g/mol. The van der Waals surface area contributed by atoms with E-state index < -0.39 is 18.0 Å². The number of rotatable bonds is 3. The zero-order valence-electron chi connectivity index (χ0n) is 8.71. The number of carbonyl (C=O) groups is 1. The first-order valence-corrected chi connectivity index (χ1v) is 5.36. The van der Waals surface area contributed by atoms with Crippen molar-refractivity contribution in [2.45, 2.75) is 13.3 Å². The summed E-state index contributed by atoms with van der Waals surface area (Å²) in [6.07, 6.45) is -2.81. The fourth-order valence-electron chi connectivity index (χ4n) is 1.10. The van der Waals surface area contributed by atoms with Crippen molar-refractivity contribution in [3.63, 3.8) is 0 Å². The summed E-state index contributed by atoms with van der Waals surface area (Å²) < 4.78 is 29.8. The van der Waals surface area contributed by atoms with Gasteiger partial charge >= 0.3 is 5.97 Å². The molecule has 0 saturated heterocycles. The maximum atomic E-state index is 12.7. The fourth-order valence-corrected chi connectivity index (χ4v) is 1.64. The van der Waals surface area contributed by atoms with Crippen molar-refractivity contribution in [1.29, 1.82) is 5.26 Å². The van der Waals surface area contributed by atoms with Crippen molar-refractivity contribution in [2.75, 3.05) is 6.61 Å². The van der Waals surface area contributed by atoms with Crippen molar-refractivity contribution < 1.29 is 18.3 Å². The van der Waals surface area contributed by atoms with E-state index in [4.69, 9.17) is 5.26 Å². The summed E-state index contributed by atoms with van der Waals surface area (Å²) in [7, 11) is 0. The Labute approximate surface area is 104 Å². The van der Waals surface area contributed by atoms with Crippen LogP contribution in [0.5, 0.6) is 0 Å². The summed E-state index contributed by atoms with van der Waals surface area (Å²) in [6, 6.07) is 2.54. The molecule has 0 aliphatic rings. The second-order valence-electron chi connectivity index (χ2n) is 2.89. The molecule has 0 aliphatic heterocycles. The molecular formula is C10H7BrF2N2O2. The van der Waals surface area contributed by atoms with Crippen LogP contribution in [0.4, 0.5) is 8.78 Å². The second kappa shape index (κ2) is 5.68. The molecule has 1 aromatic heterocycles. The molecule has 7 heteroatoms. The van der Waals surface area contributed by atoms with Gasteiger partial charge in [-0.25, -0.2) is 18.6 Å². The van der Waals surface area contributed by atoms with Gasteiger partial charge in [0, 0.05) is 5.56 Å². The minimum atomic E-state index is -2.81. The Kier molecular flexibility index (Phi) is 4.52. The maximum Gasteiger partial charge on any atom is 0.358 e. The maximum absolute atomic E-state index is 12.7. The van der Waals surface area contributed by atoms with Crippen LogP contribution in [0.25, 0.3) is 0 Å². The van der Waals surface area contributed by atoms with Crippen LogP contribution >= 0.6 is 15.9 Å². The molecule has 4 nitrogen and oxygen atoms in total. The van der Waals surface area contributed by atoms with E-state index in [0.717, 1.165) is 6.07 Å². The highest BCUT2D eigenvalue weighted by atomic mass is 79.9. The zero-order valence-corrected chi connectivity index (χ0v) is 10.3. The minimum absolute atomic E-state index is 0.0910. The molecule has 1 rings (SSSR count). The lowest BCUT2D eigenvalue weighted by molar-refractivity contribution is 0.0517. The van der Waals surface area contributed by atoms with Gasteiger partial charge in [0.1, 0.15) is 11.8 Å². The van der Waals surface area contributed by atoms with E-state index in [1.807, 2.05) is 0 Å². The lowest BCUT2D eigenvalue weighted by atomic mass is 10.2. The average Bonchev–Trinajstić information content (AvgIpc) is 2.29. The first-order chi connectivity index (χ1) is 8.01. The molecule has 0 fully saturated rings. The van der Waals surface area contributed by atoms with Gasteiger partial charge in [0.2, 0.25) is 0 Å². The molecule has 17 heavy (non-hydrogen) atoms. The molecule has 0 radical (unpaired) electrons. The van der Waals surface area contributed by atoms with Crippen LogP contribution in [0, 0.1) is 11.3 Å². The number of ether oxygens (including phenoxy) is 1. The lowest BCUT2D eigenvalue weighted by Crippen LogP contribution is -2.10. The van der Waals surface area contributed by atoms with E-state index >= 15 is 0 Å². The van der Waals surface area contributed by atoms with E-state index in [-0.39, 0.29) is 22.5 Å². The Morgan fingerprint density at radius 3 is 2.82 bits per heavy atom. The highest BCUT2D eigenvalue weighted by Crippen LogP contribution is 2.30. The molecule has 1 heterocycles. The van der Waals surface area contributed by atoms with Gasteiger partial charge in [-0.3, -0.25) is 0 Å². The number of halogens is 3. The van der Waals surface area contributed by atoms with Crippen LogP contribution in [0.2, 0.25) is 0 Å². The van der Waals surface area contributed by atoms with E-state index in [0.29, 0.717) is 0 Å². The van der Waals surface area contributed by atoms with E-state index in [1.54, 1.807) is 13.0 Å². The predicted molar refractivity (Wildman–Crippen MR) is 57.6 cm³/mol. The lowest BCUT2D eigenvalue weighted by Gasteiger charge is -2.08. The highest BCUT2D eigenvalue weighted by Gasteiger charge is 2.22. The van der Waals surface area contributed by atoms with Gasteiger partial charge in [0.15, 0.2) is 5.69 Å². The molecule has 0 amide bonds. The number of pyridine rings is 1. The van der Waals surface area contributed by atoms with Gasteiger partial charge in [-0.05, 0) is 28.9 Å². The smallest absolute Gasteiger partial charge is 0.358 e. The van der Waals surface area contributed by atoms with Crippen molar-refractivity contribution in [3.05, 3.63) is 27.5 Å². The van der Waals surface area contributed by atoms with Gasteiger partial charge in [-0.15, -0.1) is 0 Å². The van der Waals surface area contributed by atoms with Gasteiger partial charge < -0.3 is 4.74 Å². The fraction of sp³-hybridized carbons (Fsp3) is 0.300. The number of aromatic nitrogens is 1. The summed E-state index contributed by atoms with van der Waals surface area (Å²) in [5.41, 5.74) is -1.03. The Bertz CT molecular complexity index is 486. The van der Waals surface area contributed by atoms with Crippen LogP contribution in [0.15, 0.2) is 10.5 Å². The van der Waals surface area contributed by atoms with Crippen LogP contribution in [0.1, 0.15) is 35.1 Å². The molecule has 1 aromatic rings. The number of alkyl halides is 2. The predicted octanol–water partition coefficient (Wildman–Crippen LogP) is 2.83. The topological polar surface area (TPSA) is 63.0 Å². The Balaban J connectivity index is 3.35. The molecule has 0 spiro atoms. The van der Waals surface area contributed by atoms with Gasteiger partial charge in [0.25, 0.3) is 6.43 Å². The summed E-state index contributed by atoms with van der Waals surface area (Å²) in [5, 5.41) is 8.65. The quantitative estimate of drug-likeness (QED) is 0.806. The normalized spacial score (nSPS) is 10.1. The third-order valence-corrected chi connectivity index (χ3v) is 2.64. The molecule has 0 bridgehead atoms. The molecule has 0 aromatic carbocycles. The van der Waals surface area contributed by atoms with E-state index in [9.17, 15) is 13.6 Å². The summed E-state index contributed by atoms with van der Waals surface area (Å²) in [4.78, 5) is 15.1. The largest absolute Gasteiger partial charge is 0.461 e. The molecule has 0 aliphatic carbocycles. The molecule has 0 unspecified atom stereocenters. The van der Waals surface area contributed by atoms with Crippen LogP contribution in [-0.2, 0) is 4.74 Å². The number of nitrogens with zero attached hydrogens (tertiary/aromatic N) is 2. The summed E-state index contributed by atoms with van der Waals surface area (Å²) >= 11 is 2.86. The van der Waals surface area contributed by atoms with Gasteiger partial charge in [0.05, 0.1) is 11.1 Å². The summed E-state index contributed by atoms with van der Waals surface area (Å²) in [6.45, 7) is 1.67. The Morgan fingerprint density at radius 2 is 2.35 bits per heavy atom. The third-order valence-electron chi connectivity index (χ3n) is 1.80. The highest BCUT2D eigenvalue weighted by molar-refractivity contribution is 9.10. The van der Waals surface area contributed by atoms with Crippen LogP contribution < -0.4 is 0 Å². The van der Waals surface area contributed by atoms with Crippen molar-refractivity contribution >= 4 is 21.9 Å². The molecule has 0 atom stereocenters. The first-order valence-electron chi connectivity index (χ1n) is 4.57. The second-order valence-corrected chi connectivity index (χ2v) is 3.69. The minimum Gasteiger partial charge on any atom is -0.461 e.